The molecule has 0 bridgehead atoms. The van der Waals surface area contributed by atoms with Crippen molar-refractivity contribution in [3.8, 4) is 11.5 Å². The van der Waals surface area contributed by atoms with E-state index in [-0.39, 0.29) is 64.3 Å². The number of hydrogen-bond donors (Lipinski definition) is 2. The fraction of sp³-hybridized carbons (Fsp3) is 0.462. The normalized spacial score (nSPS) is 20.1. The van der Waals surface area contributed by atoms with E-state index in [9.17, 15) is 14.0 Å². The van der Waals surface area contributed by atoms with Gasteiger partial charge in [-0.25, -0.2) is 19.2 Å². The van der Waals surface area contributed by atoms with Crippen molar-refractivity contribution >= 4 is 53.5 Å². The molecule has 1 heterocycles. The zero-order valence-electron chi connectivity index (χ0n) is 22.2. The number of aliphatic imine (C=N–C) groups is 2. The summed E-state index contributed by atoms with van der Waals surface area (Å²) >= 11 is 13.1. The van der Waals surface area contributed by atoms with E-state index < -0.39 is 12.7 Å². The van der Waals surface area contributed by atoms with Crippen LogP contribution in [0.1, 0.15) is 32.6 Å². The Kier molecular flexibility index (Phi) is 10.6. The van der Waals surface area contributed by atoms with Crippen molar-refractivity contribution < 1.29 is 23.5 Å². The largest absolute Gasteiger partial charge is 0.495 e. The minimum Gasteiger partial charge on any atom is -0.495 e. The highest BCUT2D eigenvalue weighted by atomic mass is 35.5. The number of benzene rings is 1. The molecule has 0 radical (unpaired) electrons. The molecule has 10 nitrogen and oxygen atoms in total. The number of carbonyl (C=O) groups is 2. The smallest absolute Gasteiger partial charge is 0.330 e. The van der Waals surface area contributed by atoms with Gasteiger partial charge in [0.15, 0.2) is 0 Å². The SMILES string of the molecule is C=CC(=O)NC1CCCCC1N=C(N=C)NC1=C(C)CN(c2c(Cl)c(OC)cc(OC)c2Cl)C(=O)N1CCF. The quantitative estimate of drug-likeness (QED) is 0.249. The van der Waals surface area contributed by atoms with Crippen LogP contribution in [0.15, 0.2) is 40.1 Å². The number of ether oxygens (including phenoxy) is 2. The Bertz CT molecular complexity index is 1160. The van der Waals surface area contributed by atoms with E-state index >= 15 is 0 Å². The number of anilines is 1. The molecule has 1 saturated carbocycles. The third-order valence-electron chi connectivity index (χ3n) is 6.57. The van der Waals surface area contributed by atoms with Gasteiger partial charge in [0.05, 0.1) is 45.1 Å². The second-order valence-corrected chi connectivity index (χ2v) is 9.76. The molecule has 1 fully saturated rings. The van der Waals surface area contributed by atoms with Crippen LogP contribution < -0.4 is 25.0 Å². The van der Waals surface area contributed by atoms with Gasteiger partial charge in [-0.2, -0.15) is 0 Å². The van der Waals surface area contributed by atoms with Crippen molar-refractivity contribution in [2.24, 2.45) is 9.98 Å². The molecule has 1 aliphatic carbocycles. The molecule has 2 atom stereocenters. The third kappa shape index (κ3) is 6.65. The van der Waals surface area contributed by atoms with E-state index in [1.54, 1.807) is 6.92 Å². The fourth-order valence-electron chi connectivity index (χ4n) is 4.65. The second kappa shape index (κ2) is 13.7. The van der Waals surface area contributed by atoms with Crippen LogP contribution >= 0.6 is 23.2 Å². The first-order valence-corrected chi connectivity index (χ1v) is 13.1. The Morgan fingerprint density at radius 1 is 1.23 bits per heavy atom. The summed E-state index contributed by atoms with van der Waals surface area (Å²) in [4.78, 5) is 36.9. The van der Waals surface area contributed by atoms with E-state index in [0.717, 1.165) is 25.7 Å². The van der Waals surface area contributed by atoms with Gasteiger partial charge in [0.2, 0.25) is 11.9 Å². The summed E-state index contributed by atoms with van der Waals surface area (Å²) in [6.45, 7) is 7.91. The predicted octanol–water partition coefficient (Wildman–Crippen LogP) is 4.71. The minimum absolute atomic E-state index is 0.0750. The number of amides is 3. The average Bonchev–Trinajstić information content (AvgIpc) is 2.93. The Hall–Kier alpha value is -3.31. The van der Waals surface area contributed by atoms with Crippen molar-refractivity contribution in [3.05, 3.63) is 40.2 Å². The standard InChI is InChI=1S/C26H33Cl2FN6O4/c1-6-20(36)31-16-9-7-8-10-17(16)32-25(30-3)33-24-15(2)14-35(26(37)34(24)12-11-29)23-21(27)18(38-4)13-19(39-5)22(23)28/h6,13,16-17H,1,3,7-12,14H2,2,4-5H3,(H,31,36)(H,32,33). The summed E-state index contributed by atoms with van der Waals surface area (Å²) in [6, 6.07) is 0.489. The molecule has 0 spiro atoms. The first kappa shape index (κ1) is 30.2. The summed E-state index contributed by atoms with van der Waals surface area (Å²) in [7, 11) is 2.86. The third-order valence-corrected chi connectivity index (χ3v) is 7.30. The number of methoxy groups -OCH3 is 2. The van der Waals surface area contributed by atoms with E-state index in [1.165, 1.54) is 36.2 Å². The molecule has 3 rings (SSSR count). The highest BCUT2D eigenvalue weighted by molar-refractivity contribution is 6.41. The Morgan fingerprint density at radius 2 is 1.87 bits per heavy atom. The van der Waals surface area contributed by atoms with Crippen LogP contribution in [-0.2, 0) is 4.79 Å². The molecule has 2 aliphatic rings. The molecule has 1 aromatic rings. The van der Waals surface area contributed by atoms with Crippen LogP contribution in [0.25, 0.3) is 0 Å². The predicted molar refractivity (Wildman–Crippen MR) is 152 cm³/mol. The summed E-state index contributed by atoms with van der Waals surface area (Å²) in [5.74, 6) is 0.724. The number of alkyl halides is 1. The average molecular weight is 583 g/mol. The van der Waals surface area contributed by atoms with Gasteiger partial charge in [0, 0.05) is 6.07 Å². The number of rotatable bonds is 9. The van der Waals surface area contributed by atoms with Crippen LogP contribution in [0.5, 0.6) is 11.5 Å². The molecule has 3 amide bonds. The van der Waals surface area contributed by atoms with Gasteiger partial charge in [-0.15, -0.1) is 0 Å². The second-order valence-electron chi connectivity index (χ2n) is 9.00. The van der Waals surface area contributed by atoms with Crippen LogP contribution in [-0.4, -0.2) is 75.6 Å². The molecule has 1 aromatic carbocycles. The van der Waals surface area contributed by atoms with Gasteiger partial charge >= 0.3 is 6.03 Å². The van der Waals surface area contributed by atoms with E-state index in [0.29, 0.717) is 11.4 Å². The number of halogens is 3. The Labute approximate surface area is 237 Å². The first-order chi connectivity index (χ1) is 18.7. The number of urea groups is 1. The number of hydrogen-bond acceptors (Lipinski definition) is 5. The summed E-state index contributed by atoms with van der Waals surface area (Å²) < 4.78 is 24.4. The lowest BCUT2D eigenvalue weighted by Gasteiger charge is -2.38. The Balaban J connectivity index is 1.99. The molecule has 13 heteroatoms. The molecule has 1 aliphatic heterocycles. The number of nitrogens with zero attached hydrogens (tertiary/aromatic N) is 4. The first-order valence-electron chi connectivity index (χ1n) is 12.4. The van der Waals surface area contributed by atoms with Gasteiger partial charge in [-0.1, -0.05) is 42.6 Å². The molecular weight excluding hydrogens is 550 g/mol. The van der Waals surface area contributed by atoms with E-state index in [4.69, 9.17) is 37.7 Å². The van der Waals surface area contributed by atoms with Gasteiger partial charge in [-0.05, 0) is 38.1 Å². The maximum Gasteiger partial charge on any atom is 0.330 e. The van der Waals surface area contributed by atoms with Crippen molar-refractivity contribution in [2.45, 2.75) is 44.7 Å². The zero-order valence-corrected chi connectivity index (χ0v) is 23.7. The van der Waals surface area contributed by atoms with Crippen molar-refractivity contribution in [3.63, 3.8) is 0 Å². The van der Waals surface area contributed by atoms with Gasteiger partial charge in [0.25, 0.3) is 0 Å². The highest BCUT2D eigenvalue weighted by Gasteiger charge is 2.36. The lowest BCUT2D eigenvalue weighted by molar-refractivity contribution is -0.117. The topological polar surface area (TPSA) is 108 Å². The fourth-order valence-corrected chi connectivity index (χ4v) is 5.36. The maximum atomic E-state index is 13.7. The van der Waals surface area contributed by atoms with E-state index in [1.807, 2.05) is 0 Å². The highest BCUT2D eigenvalue weighted by Crippen LogP contribution is 2.47. The lowest BCUT2D eigenvalue weighted by Crippen LogP contribution is -2.53. The van der Waals surface area contributed by atoms with E-state index in [2.05, 4.69) is 28.9 Å². The summed E-state index contributed by atoms with van der Waals surface area (Å²) in [5, 5.41) is 6.21. The summed E-state index contributed by atoms with van der Waals surface area (Å²) in [6.07, 6.45) is 4.60. The van der Waals surface area contributed by atoms with Crippen LogP contribution in [0.2, 0.25) is 10.0 Å². The van der Waals surface area contributed by atoms with Gasteiger partial charge < -0.3 is 20.1 Å². The Morgan fingerprint density at radius 3 is 2.44 bits per heavy atom. The molecular formula is C26H33Cl2FN6O4. The van der Waals surface area contributed by atoms with Crippen molar-refractivity contribution in [1.82, 2.24) is 15.5 Å². The molecule has 0 aromatic heterocycles. The summed E-state index contributed by atoms with van der Waals surface area (Å²) in [5.41, 5.74) is 0.842. The lowest BCUT2D eigenvalue weighted by atomic mass is 9.90. The van der Waals surface area contributed by atoms with Gasteiger partial charge in [0.1, 0.15) is 34.0 Å². The molecule has 2 unspecified atom stereocenters. The van der Waals surface area contributed by atoms with Gasteiger partial charge in [-0.3, -0.25) is 14.6 Å². The van der Waals surface area contributed by atoms with Crippen LogP contribution in [0.3, 0.4) is 0 Å². The van der Waals surface area contributed by atoms with Crippen LogP contribution in [0, 0.1) is 0 Å². The van der Waals surface area contributed by atoms with Crippen molar-refractivity contribution in [1.29, 1.82) is 0 Å². The van der Waals surface area contributed by atoms with Crippen molar-refractivity contribution in [2.75, 3.05) is 38.9 Å². The van der Waals surface area contributed by atoms with Crippen LogP contribution in [0.4, 0.5) is 14.9 Å². The monoisotopic (exact) mass is 582 g/mol. The molecule has 2 N–H and O–H groups in total. The molecule has 0 saturated heterocycles. The molecule has 39 heavy (non-hydrogen) atoms. The zero-order chi connectivity index (χ0) is 28.7. The number of nitrogens with one attached hydrogen (secondary N) is 2. The maximum absolute atomic E-state index is 13.7. The molecule has 212 valence electrons. The minimum atomic E-state index is -0.812. The number of guanidine groups is 1. The number of carbonyl (C=O) groups excluding carboxylic acids is 2.